The van der Waals surface area contributed by atoms with Crippen LogP contribution in [-0.2, 0) is 10.2 Å². The molecule has 0 bridgehead atoms. The lowest BCUT2D eigenvalue weighted by Gasteiger charge is -2.16. The highest BCUT2D eigenvalue weighted by molar-refractivity contribution is 7.87. The fourth-order valence-electron chi connectivity index (χ4n) is 0.900. The highest BCUT2D eigenvalue weighted by Crippen LogP contribution is 2.20. The molecular formula is C7H16N4O2S. The first-order valence-corrected chi connectivity index (χ1v) is 5.92. The molecule has 0 unspecified atom stereocenters. The van der Waals surface area contributed by atoms with Crippen LogP contribution in [0.4, 0.5) is 0 Å². The number of nitrogens with two attached hydrogens (primary N) is 1. The highest BCUT2D eigenvalue weighted by Gasteiger charge is 2.29. The monoisotopic (exact) mass is 220 g/mol. The van der Waals surface area contributed by atoms with Crippen molar-refractivity contribution in [3.63, 3.8) is 0 Å². The van der Waals surface area contributed by atoms with Crippen LogP contribution >= 0.6 is 0 Å². The van der Waals surface area contributed by atoms with Crippen molar-refractivity contribution >= 4 is 16.0 Å². The molecular weight excluding hydrogens is 204 g/mol. The second-order valence-electron chi connectivity index (χ2n) is 3.49. The Morgan fingerprint density at radius 2 is 2.21 bits per heavy atom. The van der Waals surface area contributed by atoms with Crippen molar-refractivity contribution in [3.05, 3.63) is 0 Å². The number of hydrogen-bond acceptors (Lipinski definition) is 3. The molecule has 0 amide bonds. The summed E-state index contributed by atoms with van der Waals surface area (Å²) in [5.41, 5.74) is 5.14. The van der Waals surface area contributed by atoms with Crippen LogP contribution in [0.2, 0.25) is 0 Å². The Morgan fingerprint density at radius 1 is 1.64 bits per heavy atom. The first kappa shape index (κ1) is 11.4. The fraction of sp³-hybridized carbons (Fsp3) is 0.857. The van der Waals surface area contributed by atoms with E-state index in [9.17, 15) is 8.42 Å². The second kappa shape index (κ2) is 4.24. The molecule has 7 heteroatoms. The normalized spacial score (nSPS) is 17.3. The maximum Gasteiger partial charge on any atom is 0.279 e. The van der Waals surface area contributed by atoms with Crippen molar-refractivity contribution in [2.24, 2.45) is 5.73 Å². The number of nitrogens with one attached hydrogen (secondary N) is 2. The van der Waals surface area contributed by atoms with Gasteiger partial charge in [0.1, 0.15) is 0 Å². The summed E-state index contributed by atoms with van der Waals surface area (Å²) >= 11 is 0. The van der Waals surface area contributed by atoms with Crippen molar-refractivity contribution in [1.82, 2.24) is 9.03 Å². The highest BCUT2D eigenvalue weighted by atomic mass is 32.2. The smallest absolute Gasteiger partial charge is 0.279 e. The third-order valence-corrected chi connectivity index (χ3v) is 3.63. The van der Waals surface area contributed by atoms with Gasteiger partial charge in [0, 0.05) is 26.1 Å². The predicted octanol–water partition coefficient (Wildman–Crippen LogP) is -0.759. The van der Waals surface area contributed by atoms with Gasteiger partial charge in [-0.2, -0.15) is 17.4 Å². The van der Waals surface area contributed by atoms with E-state index in [0.717, 1.165) is 12.8 Å². The minimum Gasteiger partial charge on any atom is -0.388 e. The van der Waals surface area contributed by atoms with Crippen molar-refractivity contribution in [2.45, 2.75) is 25.3 Å². The van der Waals surface area contributed by atoms with Crippen LogP contribution in [0.25, 0.3) is 0 Å². The Balaban J connectivity index is 2.40. The maximum absolute atomic E-state index is 11.5. The Hall–Kier alpha value is -0.660. The minimum atomic E-state index is -3.36. The van der Waals surface area contributed by atoms with E-state index in [4.69, 9.17) is 11.1 Å². The molecule has 6 nitrogen and oxygen atoms in total. The molecule has 0 aromatic heterocycles. The summed E-state index contributed by atoms with van der Waals surface area (Å²) in [5, 5.41) is 6.98. The zero-order valence-corrected chi connectivity index (χ0v) is 8.97. The van der Waals surface area contributed by atoms with E-state index in [0.29, 0.717) is 0 Å². The van der Waals surface area contributed by atoms with Gasteiger partial charge in [-0.1, -0.05) is 0 Å². The summed E-state index contributed by atoms with van der Waals surface area (Å²) in [5.74, 6) is -0.00141. The summed E-state index contributed by atoms with van der Waals surface area (Å²) < 4.78 is 26.7. The lowest BCUT2D eigenvalue weighted by molar-refractivity contribution is 0.465. The van der Waals surface area contributed by atoms with Gasteiger partial charge in [-0.3, -0.25) is 5.41 Å². The molecule has 1 fully saturated rings. The van der Waals surface area contributed by atoms with E-state index in [1.54, 1.807) is 0 Å². The van der Waals surface area contributed by atoms with Crippen molar-refractivity contribution in [3.8, 4) is 0 Å². The fourth-order valence-corrected chi connectivity index (χ4v) is 2.07. The Labute approximate surface area is 84.2 Å². The lowest BCUT2D eigenvalue weighted by atomic mass is 10.4. The minimum absolute atomic E-state index is 0.00141. The lowest BCUT2D eigenvalue weighted by Crippen LogP contribution is -2.40. The Kier molecular flexibility index (Phi) is 3.46. The molecule has 82 valence electrons. The molecule has 1 rings (SSSR count). The third kappa shape index (κ3) is 3.60. The standard InChI is InChI=1S/C7H16N4O2S/c1-11(5-4-7(8)9)14(12,13)10-6-2-3-6/h6,10H,2-5H2,1H3,(H3,8,9). The van der Waals surface area contributed by atoms with Crippen LogP contribution in [0, 0.1) is 5.41 Å². The van der Waals surface area contributed by atoms with Crippen molar-refractivity contribution in [1.29, 1.82) is 5.41 Å². The van der Waals surface area contributed by atoms with Gasteiger partial charge in [0.15, 0.2) is 0 Å². The molecule has 1 aliphatic rings. The molecule has 0 heterocycles. The third-order valence-electron chi connectivity index (χ3n) is 2.00. The largest absolute Gasteiger partial charge is 0.388 e. The maximum atomic E-state index is 11.5. The molecule has 0 aromatic carbocycles. The SMILES string of the molecule is CN(CCC(=N)N)S(=O)(=O)NC1CC1. The molecule has 0 aromatic rings. The Bertz CT molecular complexity index is 310. The van der Waals surface area contributed by atoms with E-state index in [1.807, 2.05) is 0 Å². The molecule has 1 aliphatic carbocycles. The predicted molar refractivity (Wildman–Crippen MR) is 54.2 cm³/mol. The number of rotatable bonds is 6. The summed E-state index contributed by atoms with van der Waals surface area (Å²) in [6.45, 7) is 0.247. The summed E-state index contributed by atoms with van der Waals surface area (Å²) in [4.78, 5) is 0. The summed E-state index contributed by atoms with van der Waals surface area (Å²) in [6, 6.07) is 0.111. The first-order valence-electron chi connectivity index (χ1n) is 4.48. The van der Waals surface area contributed by atoms with Gasteiger partial charge in [0.2, 0.25) is 0 Å². The topological polar surface area (TPSA) is 99.3 Å². The molecule has 1 saturated carbocycles. The summed E-state index contributed by atoms with van der Waals surface area (Å²) in [7, 11) is -1.88. The second-order valence-corrected chi connectivity index (χ2v) is 5.30. The van der Waals surface area contributed by atoms with Crippen LogP contribution in [0.15, 0.2) is 0 Å². The number of amidine groups is 1. The van der Waals surface area contributed by atoms with Gasteiger partial charge < -0.3 is 5.73 Å². The van der Waals surface area contributed by atoms with Gasteiger partial charge in [0.25, 0.3) is 10.2 Å². The van der Waals surface area contributed by atoms with Gasteiger partial charge in [-0.15, -0.1) is 0 Å². The van der Waals surface area contributed by atoms with E-state index in [1.165, 1.54) is 11.4 Å². The molecule has 14 heavy (non-hydrogen) atoms. The van der Waals surface area contributed by atoms with Crippen LogP contribution in [-0.4, -0.2) is 38.2 Å². The number of nitrogens with zero attached hydrogens (tertiary/aromatic N) is 1. The molecule has 0 aliphatic heterocycles. The van der Waals surface area contributed by atoms with Crippen LogP contribution in [0.5, 0.6) is 0 Å². The van der Waals surface area contributed by atoms with Crippen LogP contribution in [0.3, 0.4) is 0 Å². The molecule has 4 N–H and O–H groups in total. The van der Waals surface area contributed by atoms with E-state index in [-0.39, 0.29) is 24.8 Å². The number of hydrogen-bond donors (Lipinski definition) is 3. The van der Waals surface area contributed by atoms with Crippen LogP contribution < -0.4 is 10.5 Å². The summed E-state index contributed by atoms with van der Waals surface area (Å²) in [6.07, 6.45) is 2.10. The Morgan fingerprint density at radius 3 is 2.64 bits per heavy atom. The molecule has 0 radical (unpaired) electrons. The van der Waals surface area contributed by atoms with E-state index < -0.39 is 10.2 Å². The average molecular weight is 220 g/mol. The molecule has 0 spiro atoms. The van der Waals surface area contributed by atoms with E-state index >= 15 is 0 Å². The molecule has 0 saturated heterocycles. The quantitative estimate of drug-likeness (QED) is 0.405. The van der Waals surface area contributed by atoms with E-state index in [2.05, 4.69) is 4.72 Å². The van der Waals surface area contributed by atoms with Crippen molar-refractivity contribution < 1.29 is 8.42 Å². The zero-order chi connectivity index (χ0) is 10.8. The van der Waals surface area contributed by atoms with Crippen LogP contribution in [0.1, 0.15) is 19.3 Å². The first-order chi connectivity index (χ1) is 6.42. The average Bonchev–Trinajstić information content (AvgIpc) is 2.82. The van der Waals surface area contributed by atoms with Gasteiger partial charge in [-0.25, -0.2) is 0 Å². The molecule has 0 atom stereocenters. The van der Waals surface area contributed by atoms with Crippen molar-refractivity contribution in [2.75, 3.05) is 13.6 Å². The van der Waals surface area contributed by atoms with Gasteiger partial charge in [0.05, 0.1) is 5.84 Å². The van der Waals surface area contributed by atoms with Gasteiger partial charge in [-0.05, 0) is 12.8 Å². The zero-order valence-electron chi connectivity index (χ0n) is 8.16. The van der Waals surface area contributed by atoms with Gasteiger partial charge >= 0.3 is 0 Å².